The van der Waals surface area contributed by atoms with Gasteiger partial charge in [0.25, 0.3) is 5.91 Å². The Balaban J connectivity index is 1.82. The summed E-state index contributed by atoms with van der Waals surface area (Å²) < 4.78 is 0. The minimum absolute atomic E-state index is 0.0342. The van der Waals surface area contributed by atoms with Gasteiger partial charge in [0.15, 0.2) is 0 Å². The molecule has 1 aliphatic carbocycles. The first-order valence-electron chi connectivity index (χ1n) is 7.60. The molecular formula is C17H21N3O. The number of pyridine rings is 1. The van der Waals surface area contributed by atoms with Gasteiger partial charge in [-0.15, -0.1) is 0 Å². The Hall–Kier alpha value is -1.94. The molecule has 1 fully saturated rings. The fourth-order valence-corrected chi connectivity index (χ4v) is 3.14. The topological polar surface area (TPSA) is 68.0 Å². The molecule has 0 bridgehead atoms. The summed E-state index contributed by atoms with van der Waals surface area (Å²) in [5.74, 6) is -0.0342. The monoisotopic (exact) mass is 283 g/mol. The maximum atomic E-state index is 12.5. The van der Waals surface area contributed by atoms with Crippen molar-refractivity contribution in [2.75, 3.05) is 6.54 Å². The van der Waals surface area contributed by atoms with Crippen LogP contribution in [0.15, 0.2) is 36.5 Å². The lowest BCUT2D eigenvalue weighted by Gasteiger charge is -2.37. The van der Waals surface area contributed by atoms with Gasteiger partial charge in [-0.1, -0.05) is 25.3 Å². The van der Waals surface area contributed by atoms with E-state index < -0.39 is 0 Å². The zero-order valence-corrected chi connectivity index (χ0v) is 12.1. The van der Waals surface area contributed by atoms with E-state index in [0.29, 0.717) is 12.1 Å². The molecule has 0 unspecified atom stereocenters. The molecule has 1 amide bonds. The van der Waals surface area contributed by atoms with E-state index in [9.17, 15) is 4.79 Å². The highest BCUT2D eigenvalue weighted by atomic mass is 16.1. The van der Waals surface area contributed by atoms with Crippen LogP contribution in [0.5, 0.6) is 0 Å². The second-order valence-electron chi connectivity index (χ2n) is 5.91. The number of carbonyl (C=O) groups excluding carboxylic acids is 1. The number of nitrogens with zero attached hydrogens (tertiary/aromatic N) is 1. The molecule has 0 spiro atoms. The van der Waals surface area contributed by atoms with Crippen molar-refractivity contribution in [2.45, 2.75) is 37.6 Å². The minimum Gasteiger partial charge on any atom is -0.345 e. The Bertz CT molecular complexity index is 647. The van der Waals surface area contributed by atoms with Gasteiger partial charge in [0.2, 0.25) is 0 Å². The second-order valence-corrected chi connectivity index (χ2v) is 5.91. The molecule has 4 nitrogen and oxygen atoms in total. The molecule has 1 heterocycles. The quantitative estimate of drug-likeness (QED) is 0.910. The molecule has 110 valence electrons. The number of amides is 1. The van der Waals surface area contributed by atoms with Crippen LogP contribution < -0.4 is 11.1 Å². The molecule has 0 aliphatic heterocycles. The predicted octanol–water partition coefficient (Wildman–Crippen LogP) is 2.63. The van der Waals surface area contributed by atoms with E-state index in [0.717, 1.165) is 36.6 Å². The molecule has 1 aromatic heterocycles. The largest absolute Gasteiger partial charge is 0.345 e. The van der Waals surface area contributed by atoms with Crippen molar-refractivity contribution in [3.8, 4) is 0 Å². The van der Waals surface area contributed by atoms with Crippen LogP contribution in [-0.4, -0.2) is 23.0 Å². The van der Waals surface area contributed by atoms with Crippen LogP contribution in [0.1, 0.15) is 42.5 Å². The molecule has 2 aromatic rings. The number of nitrogens with one attached hydrogen (secondary N) is 1. The van der Waals surface area contributed by atoms with E-state index >= 15 is 0 Å². The zero-order valence-electron chi connectivity index (χ0n) is 12.1. The van der Waals surface area contributed by atoms with Gasteiger partial charge in [0.05, 0.1) is 11.1 Å². The third kappa shape index (κ3) is 2.90. The normalized spacial score (nSPS) is 17.6. The molecule has 3 rings (SSSR count). The number of benzene rings is 1. The molecule has 4 heteroatoms. The Kier molecular flexibility index (Phi) is 3.88. The Morgan fingerprint density at radius 2 is 2.05 bits per heavy atom. The van der Waals surface area contributed by atoms with Crippen LogP contribution in [0.4, 0.5) is 0 Å². The van der Waals surface area contributed by atoms with Crippen molar-refractivity contribution in [1.29, 1.82) is 0 Å². The molecule has 1 aromatic carbocycles. The highest BCUT2D eigenvalue weighted by Gasteiger charge is 2.32. The maximum absolute atomic E-state index is 12.5. The average Bonchev–Trinajstić information content (AvgIpc) is 2.55. The summed E-state index contributed by atoms with van der Waals surface area (Å²) in [6.45, 7) is 0.508. The smallest absolute Gasteiger partial charge is 0.251 e. The molecule has 0 atom stereocenters. The highest BCUT2D eigenvalue weighted by molar-refractivity contribution is 5.98. The van der Waals surface area contributed by atoms with Gasteiger partial charge in [-0.05, 0) is 37.1 Å². The fraction of sp³-hybridized carbons (Fsp3) is 0.412. The van der Waals surface area contributed by atoms with Crippen LogP contribution in [0.25, 0.3) is 10.9 Å². The lowest BCUT2D eigenvalue weighted by molar-refractivity contribution is 0.0875. The Labute approximate surface area is 124 Å². The second kappa shape index (κ2) is 5.82. The van der Waals surface area contributed by atoms with Gasteiger partial charge in [-0.25, -0.2) is 0 Å². The van der Waals surface area contributed by atoms with Crippen molar-refractivity contribution >= 4 is 16.8 Å². The van der Waals surface area contributed by atoms with E-state index in [4.69, 9.17) is 5.73 Å². The molecule has 0 radical (unpaired) electrons. The highest BCUT2D eigenvalue weighted by Crippen LogP contribution is 2.27. The molecule has 1 aliphatic rings. The van der Waals surface area contributed by atoms with Gasteiger partial charge < -0.3 is 11.1 Å². The third-order valence-electron chi connectivity index (χ3n) is 4.45. The molecule has 21 heavy (non-hydrogen) atoms. The first-order valence-corrected chi connectivity index (χ1v) is 7.60. The minimum atomic E-state index is -0.223. The summed E-state index contributed by atoms with van der Waals surface area (Å²) in [6.07, 6.45) is 7.22. The molecule has 0 saturated heterocycles. The fourth-order valence-electron chi connectivity index (χ4n) is 3.14. The summed E-state index contributed by atoms with van der Waals surface area (Å²) in [4.78, 5) is 16.8. The van der Waals surface area contributed by atoms with E-state index in [1.165, 1.54) is 6.42 Å². The maximum Gasteiger partial charge on any atom is 0.251 e. The Morgan fingerprint density at radius 3 is 2.81 bits per heavy atom. The van der Waals surface area contributed by atoms with Gasteiger partial charge in [0, 0.05) is 23.7 Å². The molecule has 1 saturated carbocycles. The number of fused-ring (bicyclic) bond motifs is 1. The van der Waals surface area contributed by atoms with Gasteiger partial charge in [0.1, 0.15) is 0 Å². The van der Waals surface area contributed by atoms with Crippen LogP contribution in [0.2, 0.25) is 0 Å². The first kappa shape index (κ1) is 14.0. The van der Waals surface area contributed by atoms with Crippen molar-refractivity contribution in [1.82, 2.24) is 10.3 Å². The van der Waals surface area contributed by atoms with E-state index in [1.807, 2.05) is 30.3 Å². The molecular weight excluding hydrogens is 262 g/mol. The lowest BCUT2D eigenvalue weighted by atomic mass is 9.81. The number of carbonyl (C=O) groups is 1. The van der Waals surface area contributed by atoms with Crippen molar-refractivity contribution in [2.24, 2.45) is 5.73 Å². The van der Waals surface area contributed by atoms with Crippen molar-refractivity contribution in [3.05, 3.63) is 42.1 Å². The van der Waals surface area contributed by atoms with Crippen LogP contribution >= 0.6 is 0 Å². The average molecular weight is 283 g/mol. The SMILES string of the molecule is NCC1(NC(=O)c2ccc3ncccc3c2)CCCCC1. The van der Waals surface area contributed by atoms with Crippen molar-refractivity contribution in [3.63, 3.8) is 0 Å². The summed E-state index contributed by atoms with van der Waals surface area (Å²) in [5.41, 5.74) is 7.29. The summed E-state index contributed by atoms with van der Waals surface area (Å²) >= 11 is 0. The number of hydrogen-bond acceptors (Lipinski definition) is 3. The summed E-state index contributed by atoms with van der Waals surface area (Å²) in [7, 11) is 0. The lowest BCUT2D eigenvalue weighted by Crippen LogP contribution is -2.54. The van der Waals surface area contributed by atoms with Crippen molar-refractivity contribution < 1.29 is 4.79 Å². The van der Waals surface area contributed by atoms with E-state index in [-0.39, 0.29) is 11.4 Å². The number of aromatic nitrogens is 1. The van der Waals surface area contributed by atoms with E-state index in [1.54, 1.807) is 6.20 Å². The van der Waals surface area contributed by atoms with Gasteiger partial charge in [-0.3, -0.25) is 9.78 Å². The number of hydrogen-bond donors (Lipinski definition) is 2. The zero-order chi connectivity index (χ0) is 14.7. The molecule has 3 N–H and O–H groups in total. The van der Waals surface area contributed by atoms with Crippen LogP contribution in [-0.2, 0) is 0 Å². The standard InChI is InChI=1S/C17H21N3O/c18-12-17(8-2-1-3-9-17)20-16(21)14-6-7-15-13(11-14)5-4-10-19-15/h4-7,10-11H,1-3,8-9,12,18H2,(H,20,21). The number of rotatable bonds is 3. The predicted molar refractivity (Wildman–Crippen MR) is 84.1 cm³/mol. The summed E-state index contributed by atoms with van der Waals surface area (Å²) in [5, 5.41) is 4.16. The van der Waals surface area contributed by atoms with Gasteiger partial charge in [-0.2, -0.15) is 0 Å². The first-order chi connectivity index (χ1) is 10.2. The number of nitrogens with two attached hydrogens (primary N) is 1. The van der Waals surface area contributed by atoms with Crippen LogP contribution in [0, 0.1) is 0 Å². The van der Waals surface area contributed by atoms with E-state index in [2.05, 4.69) is 10.3 Å². The van der Waals surface area contributed by atoms with Crippen LogP contribution in [0.3, 0.4) is 0 Å². The van der Waals surface area contributed by atoms with Gasteiger partial charge >= 0.3 is 0 Å². The third-order valence-corrected chi connectivity index (χ3v) is 4.45. The summed E-state index contributed by atoms with van der Waals surface area (Å²) in [6, 6.07) is 9.47. The Morgan fingerprint density at radius 1 is 1.24 bits per heavy atom.